The van der Waals surface area contributed by atoms with Gasteiger partial charge in [0.2, 0.25) is 0 Å². The lowest BCUT2D eigenvalue weighted by Crippen LogP contribution is -2.27. The fourth-order valence-corrected chi connectivity index (χ4v) is 2.30. The largest absolute Gasteiger partial charge is 0.380 e. The Kier molecular flexibility index (Phi) is 20.2. The highest BCUT2D eigenvalue weighted by Crippen LogP contribution is 2.02. The second-order valence-corrected chi connectivity index (χ2v) is 6.95. The third-order valence-corrected chi connectivity index (χ3v) is 4.16. The third-order valence-electron chi connectivity index (χ3n) is 4.16. The summed E-state index contributed by atoms with van der Waals surface area (Å²) in [5.74, 6) is 0.443. The van der Waals surface area contributed by atoms with Gasteiger partial charge in [-0.2, -0.15) is 0 Å². The first kappa shape index (κ1) is 27.1. The maximum Gasteiger partial charge on any atom is 0.135 e. The first-order valence-corrected chi connectivity index (χ1v) is 10.6. The summed E-state index contributed by atoms with van der Waals surface area (Å²) in [6.45, 7) is 9.70. The number of hydrogen-bond acceptors (Lipinski definition) is 7. The van der Waals surface area contributed by atoms with Crippen LogP contribution in [0.5, 0.6) is 0 Å². The average molecular weight is 404 g/mol. The monoisotopic (exact) mass is 403 g/mol. The molecule has 0 saturated heterocycles. The van der Waals surface area contributed by atoms with E-state index in [-0.39, 0.29) is 5.78 Å². The standard InChI is InChI=1S/C21H41NO6/c1-4-5-6-7-21(24)9-13-25-14-10-22(3)11-15-27-17-19-28-18-16-26-12-8-20(2)23/h4-19H2,1-3H3. The van der Waals surface area contributed by atoms with E-state index in [4.69, 9.17) is 18.9 Å². The van der Waals surface area contributed by atoms with Crippen LogP contribution >= 0.6 is 0 Å². The molecule has 0 bridgehead atoms. The predicted molar refractivity (Wildman–Crippen MR) is 110 cm³/mol. The van der Waals surface area contributed by atoms with Crippen LogP contribution in [0, 0.1) is 0 Å². The molecule has 0 saturated carbocycles. The Morgan fingerprint density at radius 2 is 1.18 bits per heavy atom. The summed E-state index contributed by atoms with van der Waals surface area (Å²) < 4.78 is 21.7. The number of ether oxygens (including phenoxy) is 4. The number of unbranched alkanes of at least 4 members (excludes halogenated alkanes) is 2. The van der Waals surface area contributed by atoms with Gasteiger partial charge in [0.05, 0.1) is 52.9 Å². The molecule has 0 aromatic carbocycles. The third kappa shape index (κ3) is 21.4. The molecular weight excluding hydrogens is 362 g/mol. The first-order valence-electron chi connectivity index (χ1n) is 10.6. The van der Waals surface area contributed by atoms with Gasteiger partial charge in [-0.05, 0) is 20.4 Å². The Labute approximate surface area is 171 Å². The van der Waals surface area contributed by atoms with Crippen molar-refractivity contribution in [3.63, 3.8) is 0 Å². The number of ketones is 2. The number of Topliss-reactive ketones (excluding diaryl/α,β-unsaturated/α-hetero) is 2. The first-order chi connectivity index (χ1) is 13.6. The van der Waals surface area contributed by atoms with Crippen LogP contribution in [0.4, 0.5) is 0 Å². The molecule has 28 heavy (non-hydrogen) atoms. The van der Waals surface area contributed by atoms with Crippen LogP contribution in [-0.4, -0.2) is 89.5 Å². The molecule has 0 unspecified atom stereocenters. The highest BCUT2D eigenvalue weighted by atomic mass is 16.5. The molecule has 7 nitrogen and oxygen atoms in total. The van der Waals surface area contributed by atoms with E-state index in [1.807, 2.05) is 7.05 Å². The average Bonchev–Trinajstić information content (AvgIpc) is 2.65. The lowest BCUT2D eigenvalue weighted by Gasteiger charge is -2.16. The van der Waals surface area contributed by atoms with Gasteiger partial charge in [-0.1, -0.05) is 19.8 Å². The maximum absolute atomic E-state index is 11.6. The van der Waals surface area contributed by atoms with E-state index < -0.39 is 0 Å². The molecule has 0 aliphatic heterocycles. The Hall–Kier alpha value is -0.860. The van der Waals surface area contributed by atoms with E-state index in [1.54, 1.807) is 6.92 Å². The summed E-state index contributed by atoms with van der Waals surface area (Å²) in [6, 6.07) is 0. The van der Waals surface area contributed by atoms with Crippen molar-refractivity contribution in [1.29, 1.82) is 0 Å². The smallest absolute Gasteiger partial charge is 0.135 e. The zero-order valence-corrected chi connectivity index (χ0v) is 18.2. The zero-order chi connectivity index (χ0) is 20.9. The van der Waals surface area contributed by atoms with Crippen molar-refractivity contribution in [1.82, 2.24) is 4.90 Å². The van der Waals surface area contributed by atoms with Crippen LogP contribution in [0.15, 0.2) is 0 Å². The second kappa shape index (κ2) is 20.9. The maximum atomic E-state index is 11.6. The highest BCUT2D eigenvalue weighted by molar-refractivity contribution is 5.78. The number of rotatable bonds is 22. The van der Waals surface area contributed by atoms with Crippen LogP contribution in [0.25, 0.3) is 0 Å². The minimum atomic E-state index is 0.138. The molecule has 166 valence electrons. The summed E-state index contributed by atoms with van der Waals surface area (Å²) in [6.07, 6.45) is 4.94. The van der Waals surface area contributed by atoms with Gasteiger partial charge in [0.25, 0.3) is 0 Å². The molecule has 0 heterocycles. The molecule has 0 N–H and O–H groups in total. The molecule has 0 amide bonds. The van der Waals surface area contributed by atoms with E-state index in [0.29, 0.717) is 77.9 Å². The molecule has 0 aliphatic carbocycles. The van der Waals surface area contributed by atoms with E-state index in [1.165, 1.54) is 0 Å². The Morgan fingerprint density at radius 3 is 1.75 bits per heavy atom. The minimum Gasteiger partial charge on any atom is -0.380 e. The van der Waals surface area contributed by atoms with Gasteiger partial charge in [-0.15, -0.1) is 0 Å². The summed E-state index contributed by atoms with van der Waals surface area (Å²) in [5.41, 5.74) is 0. The van der Waals surface area contributed by atoms with Crippen molar-refractivity contribution in [2.24, 2.45) is 0 Å². The molecular formula is C21H41NO6. The van der Waals surface area contributed by atoms with Crippen molar-refractivity contribution in [3.05, 3.63) is 0 Å². The number of hydrogen-bond donors (Lipinski definition) is 0. The lowest BCUT2D eigenvalue weighted by atomic mass is 10.1. The van der Waals surface area contributed by atoms with Crippen LogP contribution < -0.4 is 0 Å². The van der Waals surface area contributed by atoms with Crippen molar-refractivity contribution in [2.75, 3.05) is 73.0 Å². The quantitative estimate of drug-likeness (QED) is 0.257. The number of likely N-dealkylation sites (N-methyl/N-ethyl adjacent to an activating group) is 1. The predicted octanol–water partition coefficient (Wildman–Crippen LogP) is 2.50. The summed E-state index contributed by atoms with van der Waals surface area (Å²) >= 11 is 0. The minimum absolute atomic E-state index is 0.138. The highest BCUT2D eigenvalue weighted by Gasteiger charge is 2.03. The molecule has 0 radical (unpaired) electrons. The van der Waals surface area contributed by atoms with Gasteiger partial charge >= 0.3 is 0 Å². The van der Waals surface area contributed by atoms with Gasteiger partial charge in [-0.25, -0.2) is 0 Å². The van der Waals surface area contributed by atoms with Gasteiger partial charge in [0.15, 0.2) is 0 Å². The molecule has 0 fully saturated rings. The Bertz CT molecular complexity index is 378. The van der Waals surface area contributed by atoms with Crippen LogP contribution in [0.2, 0.25) is 0 Å². The fraction of sp³-hybridized carbons (Fsp3) is 0.905. The normalized spacial score (nSPS) is 11.3. The number of nitrogens with zero attached hydrogens (tertiary/aromatic N) is 1. The topological polar surface area (TPSA) is 74.3 Å². The van der Waals surface area contributed by atoms with Crippen molar-refractivity contribution >= 4 is 11.6 Å². The fourth-order valence-electron chi connectivity index (χ4n) is 2.30. The summed E-state index contributed by atoms with van der Waals surface area (Å²) in [7, 11) is 2.03. The van der Waals surface area contributed by atoms with Crippen LogP contribution in [0.1, 0.15) is 52.4 Å². The number of carbonyl (C=O) groups excluding carboxylic acids is 2. The zero-order valence-electron chi connectivity index (χ0n) is 18.2. The van der Waals surface area contributed by atoms with Crippen molar-refractivity contribution < 1.29 is 28.5 Å². The molecule has 0 atom stereocenters. The van der Waals surface area contributed by atoms with Crippen molar-refractivity contribution in [2.45, 2.75) is 52.4 Å². The Morgan fingerprint density at radius 1 is 0.679 bits per heavy atom. The summed E-state index contributed by atoms with van der Waals surface area (Å²) in [5, 5.41) is 0. The SMILES string of the molecule is CCCCCC(=O)CCOCCN(C)CCOCCOCCOCCC(C)=O. The van der Waals surface area contributed by atoms with E-state index >= 15 is 0 Å². The van der Waals surface area contributed by atoms with Gasteiger partial charge in [-0.3, -0.25) is 9.59 Å². The van der Waals surface area contributed by atoms with Crippen LogP contribution in [-0.2, 0) is 28.5 Å². The summed E-state index contributed by atoms with van der Waals surface area (Å²) in [4.78, 5) is 24.5. The van der Waals surface area contributed by atoms with Crippen molar-refractivity contribution in [3.8, 4) is 0 Å². The molecule has 0 aromatic heterocycles. The molecule has 0 spiro atoms. The molecule has 0 rings (SSSR count). The lowest BCUT2D eigenvalue weighted by molar-refractivity contribution is -0.120. The Balaban J connectivity index is 3.26. The van der Waals surface area contributed by atoms with E-state index in [9.17, 15) is 9.59 Å². The second-order valence-electron chi connectivity index (χ2n) is 6.95. The van der Waals surface area contributed by atoms with Gasteiger partial charge in [0.1, 0.15) is 11.6 Å². The molecule has 7 heteroatoms. The number of carbonyl (C=O) groups is 2. The molecule has 0 aliphatic rings. The van der Waals surface area contributed by atoms with Gasteiger partial charge < -0.3 is 23.8 Å². The molecule has 0 aromatic rings. The van der Waals surface area contributed by atoms with Gasteiger partial charge in [0, 0.05) is 32.4 Å². The van der Waals surface area contributed by atoms with E-state index in [2.05, 4.69) is 11.8 Å². The van der Waals surface area contributed by atoms with Crippen LogP contribution in [0.3, 0.4) is 0 Å². The van der Waals surface area contributed by atoms with E-state index in [0.717, 1.165) is 32.4 Å².